The molecule has 0 saturated heterocycles. The van der Waals surface area contributed by atoms with E-state index in [1.807, 2.05) is 6.92 Å². The maximum Gasteiger partial charge on any atom is 0.341 e. The number of thiophene rings is 1. The van der Waals surface area contributed by atoms with Gasteiger partial charge in [-0.05, 0) is 55.9 Å². The van der Waals surface area contributed by atoms with Gasteiger partial charge in [0.1, 0.15) is 21.8 Å². The number of nitrogens with one attached hydrogen (secondary N) is 2. The zero-order valence-corrected chi connectivity index (χ0v) is 21.0. The average Bonchev–Trinajstić information content (AvgIpc) is 3.25. The second kappa shape index (κ2) is 9.69. The van der Waals surface area contributed by atoms with E-state index in [1.165, 1.54) is 28.9 Å². The lowest BCUT2D eigenvalue weighted by Crippen LogP contribution is -2.32. The SMILES string of the molecule is CCCCn1c(=N)c(C(=O)Nc2sc3c(c2C(=O)OC)CCCC3)cc2c(=O)n3ccccc3nc21. The van der Waals surface area contributed by atoms with E-state index < -0.39 is 11.9 Å². The number of esters is 1. The number of aromatic nitrogens is 3. The minimum atomic E-state index is -0.548. The highest BCUT2D eigenvalue weighted by molar-refractivity contribution is 7.17. The summed E-state index contributed by atoms with van der Waals surface area (Å²) in [6, 6.07) is 6.72. The van der Waals surface area contributed by atoms with E-state index in [9.17, 15) is 14.4 Å². The number of unbranched alkanes of at least 4 members (excludes halogenated alkanes) is 1. The molecule has 1 aliphatic rings. The van der Waals surface area contributed by atoms with E-state index in [1.54, 1.807) is 29.0 Å². The van der Waals surface area contributed by atoms with E-state index >= 15 is 0 Å². The molecule has 0 unspecified atom stereocenters. The molecule has 1 amide bonds. The van der Waals surface area contributed by atoms with Gasteiger partial charge in [-0.3, -0.25) is 19.4 Å². The molecule has 0 aliphatic heterocycles. The first-order valence-corrected chi connectivity index (χ1v) is 12.9. The molecular weight excluding hydrogens is 478 g/mol. The van der Waals surface area contributed by atoms with Crippen LogP contribution in [0.15, 0.2) is 35.3 Å². The quantitative estimate of drug-likeness (QED) is 0.304. The summed E-state index contributed by atoms with van der Waals surface area (Å²) < 4.78 is 8.07. The maximum atomic E-state index is 13.5. The molecule has 1 aliphatic carbocycles. The average molecular weight is 506 g/mol. The monoisotopic (exact) mass is 505 g/mol. The third kappa shape index (κ3) is 4.01. The van der Waals surface area contributed by atoms with Gasteiger partial charge in [0.15, 0.2) is 0 Å². The normalized spacial score (nSPS) is 13.1. The van der Waals surface area contributed by atoms with Crippen LogP contribution in [0.25, 0.3) is 16.7 Å². The van der Waals surface area contributed by atoms with Crippen molar-refractivity contribution in [3.05, 3.63) is 67.9 Å². The number of amides is 1. The zero-order valence-electron chi connectivity index (χ0n) is 20.2. The van der Waals surface area contributed by atoms with Crippen molar-refractivity contribution in [1.29, 1.82) is 5.41 Å². The van der Waals surface area contributed by atoms with E-state index in [-0.39, 0.29) is 22.0 Å². The Kier molecular flexibility index (Phi) is 6.44. The number of ether oxygens (including phenoxy) is 1. The fourth-order valence-electron chi connectivity index (χ4n) is 4.74. The molecule has 0 spiro atoms. The van der Waals surface area contributed by atoms with Crippen LogP contribution < -0.4 is 16.4 Å². The molecule has 2 N–H and O–H groups in total. The van der Waals surface area contributed by atoms with E-state index in [0.29, 0.717) is 28.4 Å². The van der Waals surface area contributed by atoms with E-state index in [4.69, 9.17) is 10.1 Å². The van der Waals surface area contributed by atoms with E-state index in [0.717, 1.165) is 49.0 Å². The number of rotatable bonds is 6. The molecule has 4 aromatic heterocycles. The van der Waals surface area contributed by atoms with E-state index in [2.05, 4.69) is 10.3 Å². The van der Waals surface area contributed by atoms with Gasteiger partial charge in [0.25, 0.3) is 11.5 Å². The number of hydrogen-bond donors (Lipinski definition) is 2. The van der Waals surface area contributed by atoms with Gasteiger partial charge < -0.3 is 14.6 Å². The van der Waals surface area contributed by atoms with Gasteiger partial charge in [0.2, 0.25) is 0 Å². The molecule has 0 saturated carbocycles. The highest BCUT2D eigenvalue weighted by Crippen LogP contribution is 2.38. The Morgan fingerprint density at radius 3 is 2.83 bits per heavy atom. The number of methoxy groups -OCH3 is 1. The minimum Gasteiger partial charge on any atom is -0.465 e. The fraction of sp³-hybridized carbons (Fsp3) is 0.346. The lowest BCUT2D eigenvalue weighted by Gasteiger charge is -2.14. The molecule has 9 nitrogen and oxygen atoms in total. The number of hydrogen-bond acceptors (Lipinski definition) is 7. The summed E-state index contributed by atoms with van der Waals surface area (Å²) >= 11 is 1.38. The topological polar surface area (TPSA) is 119 Å². The van der Waals surface area contributed by atoms with Crippen LogP contribution >= 0.6 is 11.3 Å². The lowest BCUT2D eigenvalue weighted by atomic mass is 9.95. The molecule has 0 bridgehead atoms. The van der Waals surface area contributed by atoms with Crippen molar-refractivity contribution in [2.24, 2.45) is 0 Å². The number of carbonyl (C=O) groups is 2. The third-order valence-electron chi connectivity index (χ3n) is 6.59. The van der Waals surface area contributed by atoms with Crippen molar-refractivity contribution in [2.45, 2.75) is 52.0 Å². The highest BCUT2D eigenvalue weighted by Gasteiger charge is 2.28. The van der Waals surface area contributed by atoms with Crippen molar-refractivity contribution in [3.63, 3.8) is 0 Å². The molecule has 0 atom stereocenters. The second-order valence-electron chi connectivity index (χ2n) is 8.86. The molecule has 186 valence electrons. The lowest BCUT2D eigenvalue weighted by molar-refractivity contribution is 0.0601. The molecular formula is C26H27N5O4S. The van der Waals surface area contributed by atoms with Crippen molar-refractivity contribution >= 4 is 44.9 Å². The summed E-state index contributed by atoms with van der Waals surface area (Å²) in [4.78, 5) is 45.2. The number of carbonyl (C=O) groups excluding carboxylic acids is 2. The smallest absolute Gasteiger partial charge is 0.341 e. The standard InChI is InChI=1S/C26H27N5O4S/c1-3-4-12-31-21(27)16(14-17-22(31)28-19-11-7-8-13-30(19)25(17)33)23(32)29-24-20(26(34)35-2)15-9-5-6-10-18(15)36-24/h7-8,11,13-14,27H,3-6,9-10,12H2,1-2H3,(H,29,32). The predicted octanol–water partition coefficient (Wildman–Crippen LogP) is 3.91. The van der Waals surface area contributed by atoms with Gasteiger partial charge in [-0.25, -0.2) is 9.78 Å². The Balaban J connectivity index is 1.66. The Morgan fingerprint density at radius 2 is 2.06 bits per heavy atom. The number of aryl methyl sites for hydroxylation is 2. The van der Waals surface area contributed by atoms with Gasteiger partial charge >= 0.3 is 5.97 Å². The Labute approximate surface area is 210 Å². The summed E-state index contributed by atoms with van der Waals surface area (Å²) in [5.41, 5.74) is 1.90. The minimum absolute atomic E-state index is 0.0263. The first kappa shape index (κ1) is 23.9. The molecule has 4 aromatic rings. The molecule has 0 fully saturated rings. The largest absolute Gasteiger partial charge is 0.465 e. The van der Waals surface area contributed by atoms with Crippen molar-refractivity contribution in [3.8, 4) is 0 Å². The number of nitrogens with zero attached hydrogens (tertiary/aromatic N) is 3. The number of fused-ring (bicyclic) bond motifs is 3. The van der Waals surface area contributed by atoms with Gasteiger partial charge in [-0.1, -0.05) is 19.4 Å². The fourth-order valence-corrected chi connectivity index (χ4v) is 6.01. The van der Waals surface area contributed by atoms with Crippen LogP contribution in [0.5, 0.6) is 0 Å². The second-order valence-corrected chi connectivity index (χ2v) is 9.96. The molecule has 0 aromatic carbocycles. The van der Waals surface area contributed by atoms with Crippen LogP contribution in [-0.4, -0.2) is 32.9 Å². The van der Waals surface area contributed by atoms with Gasteiger partial charge in [-0.2, -0.15) is 0 Å². The molecule has 10 heteroatoms. The number of anilines is 1. The van der Waals surface area contributed by atoms with Crippen LogP contribution in [0.2, 0.25) is 0 Å². The summed E-state index contributed by atoms with van der Waals surface area (Å²) in [6.07, 6.45) is 6.89. The predicted molar refractivity (Wildman–Crippen MR) is 138 cm³/mol. The molecule has 36 heavy (non-hydrogen) atoms. The van der Waals surface area contributed by atoms with Crippen molar-refractivity contribution in [1.82, 2.24) is 14.0 Å². The van der Waals surface area contributed by atoms with Crippen LogP contribution in [0.1, 0.15) is 63.8 Å². The molecule has 0 radical (unpaired) electrons. The van der Waals surface area contributed by atoms with Gasteiger partial charge in [0, 0.05) is 17.6 Å². The van der Waals surface area contributed by atoms with Gasteiger partial charge in [-0.15, -0.1) is 11.3 Å². The van der Waals surface area contributed by atoms with Crippen molar-refractivity contribution in [2.75, 3.05) is 12.4 Å². The first-order valence-electron chi connectivity index (χ1n) is 12.1. The Hall–Kier alpha value is -3.79. The maximum absolute atomic E-state index is 13.5. The summed E-state index contributed by atoms with van der Waals surface area (Å²) in [7, 11) is 1.33. The Morgan fingerprint density at radius 1 is 1.25 bits per heavy atom. The molecule has 4 heterocycles. The van der Waals surface area contributed by atoms with Crippen LogP contribution in [-0.2, 0) is 24.1 Å². The van der Waals surface area contributed by atoms with Gasteiger partial charge in [0.05, 0.1) is 23.6 Å². The first-order chi connectivity index (χ1) is 17.4. The summed E-state index contributed by atoms with van der Waals surface area (Å²) in [6.45, 7) is 2.48. The highest BCUT2D eigenvalue weighted by atomic mass is 32.1. The third-order valence-corrected chi connectivity index (χ3v) is 7.79. The zero-order chi connectivity index (χ0) is 25.4. The number of pyridine rings is 2. The summed E-state index contributed by atoms with van der Waals surface area (Å²) in [5, 5.41) is 12.4. The van der Waals surface area contributed by atoms with Crippen LogP contribution in [0, 0.1) is 5.41 Å². The van der Waals surface area contributed by atoms with Crippen molar-refractivity contribution < 1.29 is 14.3 Å². The Bertz CT molecular complexity index is 1630. The van der Waals surface area contributed by atoms with Crippen LogP contribution in [0.3, 0.4) is 0 Å². The molecule has 5 rings (SSSR count). The van der Waals surface area contributed by atoms with Crippen LogP contribution in [0.4, 0.5) is 5.00 Å². The summed E-state index contributed by atoms with van der Waals surface area (Å²) in [5.74, 6) is -1.03.